The van der Waals surface area contributed by atoms with Crippen LogP contribution >= 0.6 is 0 Å². The van der Waals surface area contributed by atoms with Crippen LogP contribution in [0.4, 0.5) is 14.9 Å². The number of carbonyl (C=O) groups excluding carboxylic acids is 2. The Morgan fingerprint density at radius 2 is 2.00 bits per heavy atom. The van der Waals surface area contributed by atoms with Gasteiger partial charge in [0.2, 0.25) is 5.91 Å². The van der Waals surface area contributed by atoms with Gasteiger partial charge in [-0.15, -0.1) is 0 Å². The molecule has 0 aliphatic heterocycles. The second kappa shape index (κ2) is 6.34. The molecule has 5 N–H and O–H groups in total. The van der Waals surface area contributed by atoms with Crippen LogP contribution in [0.15, 0.2) is 18.2 Å². The van der Waals surface area contributed by atoms with E-state index in [1.165, 1.54) is 6.07 Å². The van der Waals surface area contributed by atoms with Crippen molar-refractivity contribution in [1.29, 1.82) is 0 Å². The van der Waals surface area contributed by atoms with Crippen LogP contribution in [-0.2, 0) is 4.79 Å². The fourth-order valence-electron chi connectivity index (χ4n) is 1.29. The minimum absolute atomic E-state index is 0.0297. The molecule has 0 aromatic heterocycles. The van der Waals surface area contributed by atoms with Crippen molar-refractivity contribution in [2.45, 2.75) is 6.42 Å². The number of benzene rings is 1. The molecule has 0 unspecified atom stereocenters. The van der Waals surface area contributed by atoms with Crippen LogP contribution in [-0.4, -0.2) is 29.6 Å². The zero-order valence-electron chi connectivity index (χ0n) is 9.77. The lowest BCUT2D eigenvalue weighted by atomic mass is 10.1. The molecule has 102 valence electrons. The van der Waals surface area contributed by atoms with Crippen molar-refractivity contribution in [3.05, 3.63) is 29.6 Å². The molecule has 0 aliphatic rings. The monoisotopic (exact) mass is 269 g/mol. The van der Waals surface area contributed by atoms with Gasteiger partial charge in [0.05, 0.1) is 11.3 Å². The van der Waals surface area contributed by atoms with Crippen molar-refractivity contribution in [3.8, 4) is 0 Å². The summed E-state index contributed by atoms with van der Waals surface area (Å²) < 4.78 is 13.4. The predicted molar refractivity (Wildman–Crippen MR) is 64.2 cm³/mol. The van der Waals surface area contributed by atoms with Crippen LogP contribution in [0.1, 0.15) is 16.8 Å². The fourth-order valence-corrected chi connectivity index (χ4v) is 1.29. The number of hydrogen-bond donors (Lipinski definition) is 4. The summed E-state index contributed by atoms with van der Waals surface area (Å²) in [6.45, 7) is -0.0297. The number of urea groups is 1. The van der Waals surface area contributed by atoms with E-state index in [4.69, 9.17) is 10.8 Å². The summed E-state index contributed by atoms with van der Waals surface area (Å²) in [6, 6.07) is 2.57. The van der Waals surface area contributed by atoms with Gasteiger partial charge in [-0.2, -0.15) is 0 Å². The Kier molecular flexibility index (Phi) is 4.81. The first-order valence-electron chi connectivity index (χ1n) is 5.26. The molecule has 1 aromatic carbocycles. The van der Waals surface area contributed by atoms with Gasteiger partial charge in [-0.1, -0.05) is 6.07 Å². The van der Waals surface area contributed by atoms with Crippen LogP contribution in [0.2, 0.25) is 0 Å². The van der Waals surface area contributed by atoms with Crippen molar-refractivity contribution in [1.82, 2.24) is 5.32 Å². The van der Waals surface area contributed by atoms with Crippen molar-refractivity contribution < 1.29 is 23.9 Å². The number of nitrogens with one attached hydrogen (secondary N) is 2. The van der Waals surface area contributed by atoms with E-state index in [2.05, 4.69) is 10.6 Å². The van der Waals surface area contributed by atoms with Gasteiger partial charge in [-0.05, 0) is 12.1 Å². The molecule has 0 atom stereocenters. The number of rotatable bonds is 5. The van der Waals surface area contributed by atoms with Crippen LogP contribution in [0.3, 0.4) is 0 Å². The predicted octanol–water partition coefficient (Wildman–Crippen LogP) is 0.521. The molecular formula is C11H12FN3O4. The zero-order valence-corrected chi connectivity index (χ0v) is 9.77. The van der Waals surface area contributed by atoms with Gasteiger partial charge in [0, 0.05) is 13.0 Å². The molecule has 0 bridgehead atoms. The minimum Gasteiger partial charge on any atom is -0.478 e. The third kappa shape index (κ3) is 4.26. The van der Waals surface area contributed by atoms with Gasteiger partial charge in [0.15, 0.2) is 0 Å². The summed E-state index contributed by atoms with van der Waals surface area (Å²) in [6.07, 6.45) is -0.0729. The van der Waals surface area contributed by atoms with Gasteiger partial charge < -0.3 is 21.5 Å². The summed E-state index contributed by atoms with van der Waals surface area (Å²) in [5.41, 5.74) is 4.06. The second-order valence-corrected chi connectivity index (χ2v) is 3.56. The quantitative estimate of drug-likeness (QED) is 0.622. The molecule has 8 heteroatoms. The Hall–Kier alpha value is -2.64. The SMILES string of the molecule is NC(=O)CCNC(=O)Nc1c(F)cccc1C(=O)O. The van der Waals surface area contributed by atoms with Crippen molar-refractivity contribution in [2.75, 3.05) is 11.9 Å². The topological polar surface area (TPSA) is 122 Å². The van der Waals surface area contributed by atoms with Crippen LogP contribution in [0.5, 0.6) is 0 Å². The summed E-state index contributed by atoms with van der Waals surface area (Å²) >= 11 is 0. The highest BCUT2D eigenvalue weighted by Crippen LogP contribution is 2.19. The zero-order chi connectivity index (χ0) is 14.4. The van der Waals surface area contributed by atoms with Crippen LogP contribution in [0.25, 0.3) is 0 Å². The van der Waals surface area contributed by atoms with Crippen molar-refractivity contribution in [3.63, 3.8) is 0 Å². The number of carboxylic acids is 1. The number of carboxylic acid groups (broad SMARTS) is 1. The molecule has 7 nitrogen and oxygen atoms in total. The normalized spacial score (nSPS) is 9.74. The third-order valence-corrected chi connectivity index (χ3v) is 2.14. The van der Waals surface area contributed by atoms with E-state index in [0.717, 1.165) is 12.1 Å². The first-order valence-corrected chi connectivity index (χ1v) is 5.26. The van der Waals surface area contributed by atoms with E-state index >= 15 is 0 Å². The van der Waals surface area contributed by atoms with E-state index in [1.807, 2.05) is 0 Å². The number of aromatic carboxylic acids is 1. The lowest BCUT2D eigenvalue weighted by molar-refractivity contribution is -0.117. The molecule has 1 rings (SSSR count). The summed E-state index contributed by atoms with van der Waals surface area (Å²) in [4.78, 5) is 32.7. The van der Waals surface area contributed by atoms with Gasteiger partial charge in [0.1, 0.15) is 5.82 Å². The Labute approximate surface area is 107 Å². The molecular weight excluding hydrogens is 257 g/mol. The highest BCUT2D eigenvalue weighted by Gasteiger charge is 2.16. The Bertz CT molecular complexity index is 519. The summed E-state index contributed by atoms with van der Waals surface area (Å²) in [5, 5.41) is 13.2. The average Bonchev–Trinajstić information content (AvgIpc) is 2.30. The van der Waals surface area contributed by atoms with E-state index in [1.54, 1.807) is 0 Å². The van der Waals surface area contributed by atoms with Gasteiger partial charge >= 0.3 is 12.0 Å². The fraction of sp³-hybridized carbons (Fsp3) is 0.182. The lowest BCUT2D eigenvalue weighted by Gasteiger charge is -2.10. The Morgan fingerprint density at radius 3 is 2.58 bits per heavy atom. The molecule has 0 saturated carbocycles. The van der Waals surface area contributed by atoms with E-state index in [0.29, 0.717) is 0 Å². The molecule has 0 radical (unpaired) electrons. The number of anilines is 1. The maximum Gasteiger partial charge on any atom is 0.337 e. The molecule has 0 heterocycles. The van der Waals surface area contributed by atoms with Gasteiger partial charge in [-0.25, -0.2) is 14.0 Å². The number of amides is 3. The minimum atomic E-state index is -1.37. The number of halogens is 1. The number of primary amides is 1. The Morgan fingerprint density at radius 1 is 1.32 bits per heavy atom. The number of nitrogens with two attached hydrogens (primary N) is 1. The summed E-state index contributed by atoms with van der Waals surface area (Å²) in [7, 11) is 0. The molecule has 0 aliphatic carbocycles. The Balaban J connectivity index is 2.73. The van der Waals surface area contributed by atoms with Gasteiger partial charge in [-0.3, -0.25) is 4.79 Å². The molecule has 1 aromatic rings. The maximum atomic E-state index is 13.4. The van der Waals surface area contributed by atoms with Crippen LogP contribution in [0, 0.1) is 5.82 Å². The number of hydrogen-bond acceptors (Lipinski definition) is 3. The standard InChI is InChI=1S/C11H12FN3O4/c12-7-3-1-2-6(10(17)18)9(7)15-11(19)14-5-4-8(13)16/h1-3H,4-5H2,(H2,13,16)(H,17,18)(H2,14,15,19). The largest absolute Gasteiger partial charge is 0.478 e. The van der Waals surface area contributed by atoms with Crippen LogP contribution < -0.4 is 16.4 Å². The first kappa shape index (κ1) is 14.4. The van der Waals surface area contributed by atoms with Crippen molar-refractivity contribution in [2.24, 2.45) is 5.73 Å². The van der Waals surface area contributed by atoms with E-state index in [-0.39, 0.29) is 18.5 Å². The number of para-hydroxylation sites is 1. The number of carbonyl (C=O) groups is 3. The molecule has 3 amide bonds. The third-order valence-electron chi connectivity index (χ3n) is 2.14. The highest BCUT2D eigenvalue weighted by molar-refractivity contribution is 6.00. The van der Waals surface area contributed by atoms with Crippen molar-refractivity contribution >= 4 is 23.6 Å². The van der Waals surface area contributed by atoms with E-state index < -0.39 is 29.4 Å². The van der Waals surface area contributed by atoms with Gasteiger partial charge in [0.25, 0.3) is 0 Å². The molecule has 0 saturated heterocycles. The molecule has 19 heavy (non-hydrogen) atoms. The first-order chi connectivity index (χ1) is 8.91. The average molecular weight is 269 g/mol. The highest BCUT2D eigenvalue weighted by atomic mass is 19.1. The molecule has 0 fully saturated rings. The maximum absolute atomic E-state index is 13.4. The lowest BCUT2D eigenvalue weighted by Crippen LogP contribution is -2.32. The second-order valence-electron chi connectivity index (χ2n) is 3.56. The smallest absolute Gasteiger partial charge is 0.337 e. The van der Waals surface area contributed by atoms with E-state index in [9.17, 15) is 18.8 Å². The molecule has 0 spiro atoms. The summed E-state index contributed by atoms with van der Waals surface area (Å²) in [5.74, 6) is -2.84.